The first-order chi connectivity index (χ1) is 13.8. The highest BCUT2D eigenvalue weighted by Crippen LogP contribution is 2.27. The summed E-state index contributed by atoms with van der Waals surface area (Å²) in [7, 11) is 0. The molecule has 3 rings (SSSR count). The van der Waals surface area contributed by atoms with Gasteiger partial charge in [0.15, 0.2) is 6.61 Å². The molecular formula is C20H17FN2O6. The summed E-state index contributed by atoms with van der Waals surface area (Å²) in [6, 6.07) is 6.50. The van der Waals surface area contributed by atoms with Gasteiger partial charge in [-0.1, -0.05) is 12.1 Å². The minimum atomic E-state index is -0.842. The lowest BCUT2D eigenvalue weighted by Crippen LogP contribution is -2.22. The van der Waals surface area contributed by atoms with E-state index in [-0.39, 0.29) is 17.8 Å². The molecule has 0 saturated carbocycles. The molecule has 0 bridgehead atoms. The maximum Gasteiger partial charge on any atom is 0.310 e. The van der Waals surface area contributed by atoms with E-state index in [1.165, 1.54) is 6.26 Å². The van der Waals surface area contributed by atoms with Crippen LogP contribution in [0.2, 0.25) is 0 Å². The van der Waals surface area contributed by atoms with Gasteiger partial charge in [-0.15, -0.1) is 0 Å². The van der Waals surface area contributed by atoms with E-state index in [9.17, 15) is 24.1 Å². The number of carbonyl (C=O) groups is 2. The number of benzene rings is 2. The summed E-state index contributed by atoms with van der Waals surface area (Å²) in [4.78, 5) is 34.0. The molecule has 29 heavy (non-hydrogen) atoms. The zero-order chi connectivity index (χ0) is 21.1. The van der Waals surface area contributed by atoms with Crippen molar-refractivity contribution >= 4 is 34.2 Å². The summed E-state index contributed by atoms with van der Waals surface area (Å²) in [5.41, 5.74) is 2.60. The smallest absolute Gasteiger partial charge is 0.310 e. The van der Waals surface area contributed by atoms with Gasteiger partial charge in [-0.05, 0) is 31.0 Å². The number of furan rings is 1. The molecule has 0 fully saturated rings. The number of carbonyl (C=O) groups excluding carboxylic acids is 2. The third-order valence-corrected chi connectivity index (χ3v) is 4.48. The molecule has 0 aliphatic heterocycles. The number of nitrogens with zero attached hydrogens (tertiary/aromatic N) is 1. The molecule has 0 spiro atoms. The van der Waals surface area contributed by atoms with Gasteiger partial charge in [0.25, 0.3) is 11.6 Å². The van der Waals surface area contributed by atoms with Crippen LogP contribution in [-0.2, 0) is 20.7 Å². The number of nitro groups is 1. The van der Waals surface area contributed by atoms with Crippen molar-refractivity contribution in [2.24, 2.45) is 0 Å². The number of halogens is 1. The molecule has 9 heteroatoms. The van der Waals surface area contributed by atoms with Crippen LogP contribution in [0.15, 0.2) is 41.0 Å². The summed E-state index contributed by atoms with van der Waals surface area (Å²) in [6.07, 6.45) is 1.37. The number of esters is 1. The molecule has 0 saturated heterocycles. The van der Waals surface area contributed by atoms with Crippen LogP contribution in [0.25, 0.3) is 11.0 Å². The summed E-state index contributed by atoms with van der Waals surface area (Å²) >= 11 is 0. The molecule has 1 heterocycles. The Kier molecular flexibility index (Phi) is 5.58. The van der Waals surface area contributed by atoms with E-state index in [0.717, 1.165) is 34.7 Å². The van der Waals surface area contributed by atoms with E-state index in [0.29, 0.717) is 11.1 Å². The number of fused-ring (bicyclic) bond motifs is 1. The van der Waals surface area contributed by atoms with Crippen LogP contribution in [0.3, 0.4) is 0 Å². The first-order valence-corrected chi connectivity index (χ1v) is 8.62. The molecule has 0 atom stereocenters. The lowest BCUT2D eigenvalue weighted by atomic mass is 10.0. The minimum Gasteiger partial charge on any atom is -0.464 e. The Morgan fingerprint density at radius 3 is 2.72 bits per heavy atom. The number of anilines is 1. The number of hydrogen-bond acceptors (Lipinski definition) is 6. The minimum absolute atomic E-state index is 0.103. The molecule has 0 aliphatic carbocycles. The van der Waals surface area contributed by atoms with Crippen molar-refractivity contribution in [3.05, 3.63) is 69.2 Å². The average Bonchev–Trinajstić information content (AvgIpc) is 3.08. The van der Waals surface area contributed by atoms with Gasteiger partial charge in [0.1, 0.15) is 11.4 Å². The Balaban J connectivity index is 1.60. The van der Waals surface area contributed by atoms with Crippen molar-refractivity contribution < 1.29 is 28.1 Å². The van der Waals surface area contributed by atoms with E-state index in [4.69, 9.17) is 9.15 Å². The lowest BCUT2D eigenvalue weighted by molar-refractivity contribution is -0.384. The predicted molar refractivity (Wildman–Crippen MR) is 102 cm³/mol. The standard InChI is InChI=1S/C20H17FN2O6/c1-11-3-5-15-13(9-29-20(15)12(11)2)7-19(25)28-10-18(24)22-17-8-14(23(26)27)4-6-16(17)21/h3-6,8-9H,7,10H2,1-2H3,(H,22,24). The van der Waals surface area contributed by atoms with E-state index in [2.05, 4.69) is 5.32 Å². The number of amides is 1. The van der Waals surface area contributed by atoms with Gasteiger partial charge in [-0.25, -0.2) is 4.39 Å². The van der Waals surface area contributed by atoms with Gasteiger partial charge in [-0.2, -0.15) is 0 Å². The molecule has 150 valence electrons. The zero-order valence-corrected chi connectivity index (χ0v) is 15.7. The Morgan fingerprint density at radius 1 is 1.24 bits per heavy atom. The number of aryl methyl sites for hydroxylation is 2. The van der Waals surface area contributed by atoms with Crippen molar-refractivity contribution in [2.75, 3.05) is 11.9 Å². The Morgan fingerprint density at radius 2 is 2.00 bits per heavy atom. The van der Waals surface area contributed by atoms with Crippen LogP contribution in [0, 0.1) is 29.8 Å². The molecule has 8 nitrogen and oxygen atoms in total. The number of non-ortho nitro benzene ring substituents is 1. The monoisotopic (exact) mass is 400 g/mol. The fourth-order valence-corrected chi connectivity index (χ4v) is 2.79. The van der Waals surface area contributed by atoms with E-state index < -0.39 is 29.2 Å². The van der Waals surface area contributed by atoms with Gasteiger partial charge in [0, 0.05) is 23.1 Å². The van der Waals surface area contributed by atoms with Gasteiger partial charge >= 0.3 is 5.97 Å². The zero-order valence-electron chi connectivity index (χ0n) is 15.7. The van der Waals surface area contributed by atoms with E-state index >= 15 is 0 Å². The first kappa shape index (κ1) is 20.0. The summed E-state index contributed by atoms with van der Waals surface area (Å²) in [5, 5.41) is 13.7. The topological polar surface area (TPSA) is 112 Å². The molecule has 1 N–H and O–H groups in total. The number of nitrogens with one attached hydrogen (secondary N) is 1. The second-order valence-corrected chi connectivity index (χ2v) is 6.45. The Labute approximate surface area is 164 Å². The maximum atomic E-state index is 13.7. The van der Waals surface area contributed by atoms with Crippen LogP contribution in [0.5, 0.6) is 0 Å². The normalized spacial score (nSPS) is 10.7. The molecule has 2 aromatic carbocycles. The summed E-state index contributed by atoms with van der Waals surface area (Å²) in [6.45, 7) is 3.21. The van der Waals surface area contributed by atoms with Crippen molar-refractivity contribution in [2.45, 2.75) is 20.3 Å². The van der Waals surface area contributed by atoms with Gasteiger partial charge < -0.3 is 14.5 Å². The van der Waals surface area contributed by atoms with Crippen LogP contribution >= 0.6 is 0 Å². The number of ether oxygens (including phenoxy) is 1. The molecule has 1 aromatic heterocycles. The van der Waals surface area contributed by atoms with Crippen LogP contribution in [0.4, 0.5) is 15.8 Å². The van der Waals surface area contributed by atoms with Crippen molar-refractivity contribution in [1.82, 2.24) is 0 Å². The Hall–Kier alpha value is -3.75. The molecule has 0 aliphatic rings. The van der Waals surface area contributed by atoms with Gasteiger partial charge in [0.2, 0.25) is 0 Å². The third-order valence-electron chi connectivity index (χ3n) is 4.48. The number of hydrogen-bond donors (Lipinski definition) is 1. The van der Waals surface area contributed by atoms with Crippen LogP contribution < -0.4 is 5.32 Å². The number of rotatable bonds is 6. The Bertz CT molecular complexity index is 1120. The highest BCUT2D eigenvalue weighted by atomic mass is 19.1. The fourth-order valence-electron chi connectivity index (χ4n) is 2.79. The summed E-state index contributed by atoms with van der Waals surface area (Å²) < 4.78 is 24.1. The van der Waals surface area contributed by atoms with E-state index in [1.807, 2.05) is 26.0 Å². The highest BCUT2D eigenvalue weighted by Gasteiger charge is 2.16. The lowest BCUT2D eigenvalue weighted by Gasteiger charge is -2.07. The third kappa shape index (κ3) is 4.40. The molecule has 0 unspecified atom stereocenters. The van der Waals surface area contributed by atoms with Crippen molar-refractivity contribution in [3.63, 3.8) is 0 Å². The highest BCUT2D eigenvalue weighted by molar-refractivity contribution is 5.94. The molecule has 3 aromatic rings. The average molecular weight is 400 g/mol. The SMILES string of the molecule is Cc1ccc2c(CC(=O)OCC(=O)Nc3cc([N+](=O)[O-])ccc3F)coc2c1C. The van der Waals surface area contributed by atoms with Crippen LogP contribution in [-0.4, -0.2) is 23.4 Å². The van der Waals surface area contributed by atoms with Gasteiger partial charge in [-0.3, -0.25) is 19.7 Å². The van der Waals surface area contributed by atoms with Crippen molar-refractivity contribution in [1.29, 1.82) is 0 Å². The second-order valence-electron chi connectivity index (χ2n) is 6.45. The largest absolute Gasteiger partial charge is 0.464 e. The summed E-state index contributed by atoms with van der Waals surface area (Å²) in [5.74, 6) is -2.33. The maximum absolute atomic E-state index is 13.7. The molecular weight excluding hydrogens is 383 g/mol. The second kappa shape index (κ2) is 8.09. The quantitative estimate of drug-likeness (QED) is 0.382. The predicted octanol–water partition coefficient (Wildman–Crippen LogP) is 3.82. The van der Waals surface area contributed by atoms with Gasteiger partial charge in [0.05, 0.1) is 23.3 Å². The molecule has 0 radical (unpaired) electrons. The van der Waals surface area contributed by atoms with Crippen molar-refractivity contribution in [3.8, 4) is 0 Å². The number of nitro benzene ring substituents is 1. The fraction of sp³-hybridized carbons (Fsp3) is 0.200. The first-order valence-electron chi connectivity index (χ1n) is 8.62. The van der Waals surface area contributed by atoms with E-state index in [1.54, 1.807) is 0 Å². The molecule has 1 amide bonds. The van der Waals surface area contributed by atoms with Crippen LogP contribution in [0.1, 0.15) is 16.7 Å².